The Morgan fingerprint density at radius 2 is 1.76 bits per heavy atom. The van der Waals surface area contributed by atoms with Crippen LogP contribution in [-0.2, 0) is 9.53 Å². The lowest BCUT2D eigenvalue weighted by molar-refractivity contribution is -0.331. The van der Waals surface area contributed by atoms with E-state index in [4.69, 9.17) is 9.47 Å². The molecule has 0 aliphatic rings. The molecule has 0 unspecified atom stereocenters. The molecule has 0 aromatic heterocycles. The van der Waals surface area contributed by atoms with Crippen LogP contribution < -0.4 is 14.6 Å². The van der Waals surface area contributed by atoms with Gasteiger partial charge in [-0.3, -0.25) is 0 Å². The summed E-state index contributed by atoms with van der Waals surface area (Å²) in [5, 5.41) is 10.2. The van der Waals surface area contributed by atoms with Crippen molar-refractivity contribution in [3.8, 4) is 11.5 Å². The SMILES string of the molecule is C=Cc1ccc(OCCOc2ccc(C(=O)OCC(F)(F)C(=O)[O-])cc2I)cc1. The summed E-state index contributed by atoms with van der Waals surface area (Å²) in [7, 11) is 0. The van der Waals surface area contributed by atoms with Crippen LogP contribution >= 0.6 is 22.6 Å². The Hall–Kier alpha value is -2.69. The van der Waals surface area contributed by atoms with Gasteiger partial charge in [-0.25, -0.2) is 4.79 Å². The number of esters is 1. The van der Waals surface area contributed by atoms with Gasteiger partial charge in [0, 0.05) is 0 Å². The molecule has 29 heavy (non-hydrogen) atoms. The van der Waals surface area contributed by atoms with E-state index < -0.39 is 24.5 Å². The molecule has 0 heterocycles. The van der Waals surface area contributed by atoms with Gasteiger partial charge in [-0.15, -0.1) is 0 Å². The van der Waals surface area contributed by atoms with Crippen molar-refractivity contribution in [3.05, 3.63) is 63.7 Å². The lowest BCUT2D eigenvalue weighted by atomic mass is 10.2. The molecule has 6 nitrogen and oxygen atoms in total. The largest absolute Gasteiger partial charge is 0.544 e. The molecule has 0 aliphatic carbocycles. The molecule has 0 N–H and O–H groups in total. The zero-order valence-electron chi connectivity index (χ0n) is 15.0. The van der Waals surface area contributed by atoms with Crippen LogP contribution in [-0.4, -0.2) is 37.7 Å². The van der Waals surface area contributed by atoms with Gasteiger partial charge in [-0.2, -0.15) is 8.78 Å². The summed E-state index contributed by atoms with van der Waals surface area (Å²) in [6.45, 7) is 2.59. The zero-order valence-corrected chi connectivity index (χ0v) is 17.2. The fourth-order valence-corrected chi connectivity index (χ4v) is 2.73. The van der Waals surface area contributed by atoms with Crippen molar-refractivity contribution in [2.45, 2.75) is 5.92 Å². The summed E-state index contributed by atoms with van der Waals surface area (Å²) in [5.74, 6) is -6.80. The smallest absolute Gasteiger partial charge is 0.338 e. The Balaban J connectivity index is 1.84. The molecule has 0 radical (unpaired) electrons. The number of carboxylic acids is 1. The molecule has 0 saturated heterocycles. The molecule has 9 heteroatoms. The molecular weight excluding hydrogens is 501 g/mol. The second-order valence-corrected chi connectivity index (χ2v) is 6.85. The van der Waals surface area contributed by atoms with Crippen LogP contribution in [0.25, 0.3) is 6.08 Å². The highest BCUT2D eigenvalue weighted by Gasteiger charge is 2.33. The Bertz CT molecular complexity index is 883. The predicted molar refractivity (Wildman–Crippen MR) is 107 cm³/mol. The van der Waals surface area contributed by atoms with Gasteiger partial charge in [-0.1, -0.05) is 24.8 Å². The summed E-state index contributed by atoms with van der Waals surface area (Å²) in [6, 6.07) is 11.5. The highest BCUT2D eigenvalue weighted by molar-refractivity contribution is 14.1. The van der Waals surface area contributed by atoms with Gasteiger partial charge in [0.15, 0.2) is 6.61 Å². The van der Waals surface area contributed by atoms with Crippen molar-refractivity contribution >= 4 is 40.6 Å². The zero-order chi connectivity index (χ0) is 21.4. The summed E-state index contributed by atoms with van der Waals surface area (Å²) in [4.78, 5) is 22.0. The fraction of sp³-hybridized carbons (Fsp3) is 0.200. The van der Waals surface area contributed by atoms with Crippen molar-refractivity contribution in [2.75, 3.05) is 19.8 Å². The van der Waals surface area contributed by atoms with Gasteiger partial charge in [0.25, 0.3) is 0 Å². The monoisotopic (exact) mass is 517 g/mol. The predicted octanol–water partition coefficient (Wildman–Crippen LogP) is 2.93. The number of rotatable bonds is 10. The maximum Gasteiger partial charge on any atom is 0.338 e. The van der Waals surface area contributed by atoms with Gasteiger partial charge in [0.05, 0.1) is 9.13 Å². The third-order valence-corrected chi connectivity index (χ3v) is 4.42. The minimum Gasteiger partial charge on any atom is -0.544 e. The molecular formula is C20H16F2IO6-. The van der Waals surface area contributed by atoms with Crippen molar-refractivity contribution in [1.82, 2.24) is 0 Å². The first-order valence-corrected chi connectivity index (χ1v) is 9.35. The number of carboxylic acid groups (broad SMARTS) is 1. The molecule has 0 saturated carbocycles. The van der Waals surface area contributed by atoms with Gasteiger partial charge in [0.1, 0.15) is 30.7 Å². The van der Waals surface area contributed by atoms with Crippen LogP contribution in [0.1, 0.15) is 15.9 Å². The first-order chi connectivity index (χ1) is 13.7. The maximum atomic E-state index is 12.9. The van der Waals surface area contributed by atoms with Gasteiger partial charge < -0.3 is 24.1 Å². The second kappa shape index (κ2) is 10.2. The van der Waals surface area contributed by atoms with E-state index in [1.807, 2.05) is 46.9 Å². The molecule has 0 fully saturated rings. The van der Waals surface area contributed by atoms with Gasteiger partial charge in [-0.05, 0) is 58.5 Å². The van der Waals surface area contributed by atoms with Crippen LogP contribution in [0.15, 0.2) is 49.0 Å². The lowest BCUT2D eigenvalue weighted by Crippen LogP contribution is -2.45. The van der Waals surface area contributed by atoms with Crippen LogP contribution in [0.3, 0.4) is 0 Å². The minimum absolute atomic E-state index is 0.0190. The van der Waals surface area contributed by atoms with Crippen molar-refractivity contribution in [1.29, 1.82) is 0 Å². The van der Waals surface area contributed by atoms with E-state index in [0.29, 0.717) is 15.1 Å². The minimum atomic E-state index is -4.25. The lowest BCUT2D eigenvalue weighted by Gasteiger charge is -2.17. The Labute approximate surface area is 179 Å². The number of carbonyl (C=O) groups is 2. The van der Waals surface area contributed by atoms with Crippen molar-refractivity contribution < 1.29 is 37.7 Å². The van der Waals surface area contributed by atoms with Crippen LogP contribution in [0, 0.1) is 3.57 Å². The highest BCUT2D eigenvalue weighted by atomic mass is 127. The van der Waals surface area contributed by atoms with E-state index in [9.17, 15) is 23.5 Å². The summed E-state index contributed by atoms with van der Waals surface area (Å²) in [5.41, 5.74) is 0.958. The van der Waals surface area contributed by atoms with Gasteiger partial charge >= 0.3 is 11.9 Å². The molecule has 0 bridgehead atoms. The van der Waals surface area contributed by atoms with Crippen LogP contribution in [0.4, 0.5) is 8.78 Å². The summed E-state index contributed by atoms with van der Waals surface area (Å²) in [6.07, 6.45) is 1.73. The third kappa shape index (κ3) is 6.70. The average Bonchev–Trinajstić information content (AvgIpc) is 2.70. The van der Waals surface area contributed by atoms with Gasteiger partial charge in [0.2, 0.25) is 0 Å². The van der Waals surface area contributed by atoms with E-state index in [0.717, 1.165) is 5.56 Å². The molecule has 0 atom stereocenters. The Kier molecular flexibility index (Phi) is 7.94. The number of aliphatic carboxylic acids is 1. The van der Waals surface area contributed by atoms with Crippen molar-refractivity contribution in [2.24, 2.45) is 0 Å². The highest BCUT2D eigenvalue weighted by Crippen LogP contribution is 2.23. The second-order valence-electron chi connectivity index (χ2n) is 5.68. The molecule has 2 aromatic rings. The number of hydrogen-bond acceptors (Lipinski definition) is 6. The third-order valence-electron chi connectivity index (χ3n) is 3.58. The molecule has 0 spiro atoms. The quantitative estimate of drug-likeness (QED) is 0.274. The Morgan fingerprint density at radius 1 is 1.10 bits per heavy atom. The first kappa shape index (κ1) is 22.6. The molecule has 2 rings (SSSR count). The number of carbonyl (C=O) groups excluding carboxylic acids is 2. The van der Waals surface area contributed by atoms with E-state index in [1.54, 1.807) is 6.08 Å². The number of benzene rings is 2. The first-order valence-electron chi connectivity index (χ1n) is 8.27. The summed E-state index contributed by atoms with van der Waals surface area (Å²) < 4.78 is 41.8. The van der Waals surface area contributed by atoms with E-state index >= 15 is 0 Å². The maximum absolute atomic E-state index is 12.9. The molecule has 2 aromatic carbocycles. The van der Waals surface area contributed by atoms with E-state index in [-0.39, 0.29) is 18.8 Å². The van der Waals surface area contributed by atoms with E-state index in [2.05, 4.69) is 11.3 Å². The normalized spacial score (nSPS) is 10.9. The average molecular weight is 517 g/mol. The van der Waals surface area contributed by atoms with Crippen LogP contribution in [0.5, 0.6) is 11.5 Å². The number of hydrogen-bond donors (Lipinski definition) is 0. The number of halogens is 3. The molecule has 154 valence electrons. The fourth-order valence-electron chi connectivity index (χ4n) is 2.05. The molecule has 0 aliphatic heterocycles. The van der Waals surface area contributed by atoms with Crippen LogP contribution in [0.2, 0.25) is 0 Å². The number of alkyl halides is 2. The number of ether oxygens (including phenoxy) is 3. The summed E-state index contributed by atoms with van der Waals surface area (Å²) >= 11 is 1.91. The topological polar surface area (TPSA) is 84.9 Å². The van der Waals surface area contributed by atoms with Crippen molar-refractivity contribution in [3.63, 3.8) is 0 Å². The Morgan fingerprint density at radius 3 is 2.34 bits per heavy atom. The van der Waals surface area contributed by atoms with E-state index in [1.165, 1.54) is 18.2 Å². The standard InChI is InChI=1S/C20H17F2IO6/c1-2-13-3-6-15(7-4-13)27-9-10-28-17-8-5-14(11-16(17)23)18(24)29-12-20(21,22)19(25)26/h2-8,11H,1,9-10,12H2,(H,25,26)/p-1. The molecule has 0 amide bonds.